The van der Waals surface area contributed by atoms with Gasteiger partial charge in [-0.2, -0.15) is 0 Å². The number of unbranched alkanes of at least 4 members (excludes halogenated alkanes) is 1. The first-order valence-corrected chi connectivity index (χ1v) is 11.5. The minimum atomic E-state index is -4.33. The Balaban J connectivity index is 1.85. The Labute approximate surface area is 176 Å². The molecular weight excluding hydrogens is 406 g/mol. The van der Waals surface area contributed by atoms with Crippen LogP contribution >= 0.6 is 7.60 Å². The Hall–Kier alpha value is -2.49. The number of halogens is 1. The lowest BCUT2D eigenvalue weighted by molar-refractivity contribution is -0.122. The van der Waals surface area contributed by atoms with E-state index in [4.69, 9.17) is 9.79 Å². The summed E-state index contributed by atoms with van der Waals surface area (Å²) in [5.74, 6) is 4.51. The van der Waals surface area contributed by atoms with E-state index in [1.807, 2.05) is 18.2 Å². The predicted molar refractivity (Wildman–Crippen MR) is 114 cm³/mol. The summed E-state index contributed by atoms with van der Waals surface area (Å²) in [6.45, 7) is 0.445. The quantitative estimate of drug-likeness (QED) is 0.263. The Kier molecular flexibility index (Phi) is 9.72. The van der Waals surface area contributed by atoms with E-state index in [-0.39, 0.29) is 12.0 Å². The summed E-state index contributed by atoms with van der Waals surface area (Å²) in [5, 5.41) is 5.32. The molecule has 1 atom stereocenters. The minimum absolute atomic E-state index is 0.00974. The van der Waals surface area contributed by atoms with Gasteiger partial charge in [-0.1, -0.05) is 54.3 Å². The van der Waals surface area contributed by atoms with Crippen molar-refractivity contribution in [3.05, 3.63) is 71.5 Å². The van der Waals surface area contributed by atoms with Crippen molar-refractivity contribution in [2.75, 3.05) is 12.8 Å². The van der Waals surface area contributed by atoms with E-state index in [9.17, 15) is 13.8 Å². The highest BCUT2D eigenvalue weighted by atomic mass is 31.2. The van der Waals surface area contributed by atoms with Crippen molar-refractivity contribution in [1.82, 2.24) is 10.6 Å². The highest BCUT2D eigenvalue weighted by Crippen LogP contribution is 2.32. The van der Waals surface area contributed by atoms with Gasteiger partial charge in [-0.05, 0) is 37.0 Å². The van der Waals surface area contributed by atoms with E-state index >= 15 is 0 Å². The third kappa shape index (κ3) is 9.34. The molecule has 160 valence electrons. The SMILES string of the molecule is O=C(NCCCCc1ccccc1)[C@H](CC#Cc1ccccc1F)NCP(=O)(O)O. The van der Waals surface area contributed by atoms with Gasteiger partial charge in [0.05, 0.1) is 17.9 Å². The molecule has 0 aromatic heterocycles. The average Bonchev–Trinajstić information content (AvgIpc) is 2.71. The van der Waals surface area contributed by atoms with Crippen LogP contribution in [0.2, 0.25) is 0 Å². The number of nitrogens with one attached hydrogen (secondary N) is 2. The van der Waals surface area contributed by atoms with Gasteiger partial charge in [0.15, 0.2) is 0 Å². The number of carbonyl (C=O) groups excluding carboxylic acids is 1. The monoisotopic (exact) mass is 432 g/mol. The number of amides is 1. The molecule has 0 aliphatic heterocycles. The van der Waals surface area contributed by atoms with E-state index < -0.39 is 31.6 Å². The molecule has 0 radical (unpaired) electrons. The zero-order chi connectivity index (χ0) is 21.8. The van der Waals surface area contributed by atoms with E-state index in [2.05, 4.69) is 34.6 Å². The van der Waals surface area contributed by atoms with Crippen molar-refractivity contribution in [2.24, 2.45) is 0 Å². The van der Waals surface area contributed by atoms with Crippen LogP contribution in [0.25, 0.3) is 0 Å². The van der Waals surface area contributed by atoms with Gasteiger partial charge in [-0.3, -0.25) is 14.7 Å². The summed E-state index contributed by atoms with van der Waals surface area (Å²) in [5.41, 5.74) is 1.43. The molecule has 0 aliphatic rings. The van der Waals surface area contributed by atoms with Crippen LogP contribution in [-0.4, -0.2) is 34.6 Å². The molecule has 8 heteroatoms. The Bertz CT molecular complexity index is 921. The second-order valence-corrected chi connectivity index (χ2v) is 8.44. The third-order valence-corrected chi connectivity index (χ3v) is 4.89. The molecule has 0 aliphatic carbocycles. The standard InChI is InChI=1S/C22H26FN2O4P/c23-20-14-5-4-12-19(20)13-8-15-21(25-17-30(27,28)29)22(26)24-16-7-6-11-18-9-2-1-3-10-18/h1-5,9-10,12,14,21,25H,6-7,11,15-17H2,(H,24,26)(H2,27,28,29)/t21-/m0/s1. The Morgan fingerprint density at radius 2 is 1.77 bits per heavy atom. The number of rotatable bonds is 10. The molecule has 6 nitrogen and oxygen atoms in total. The highest BCUT2D eigenvalue weighted by Gasteiger charge is 2.21. The lowest BCUT2D eigenvalue weighted by Crippen LogP contribution is -2.44. The smallest absolute Gasteiger partial charge is 0.339 e. The van der Waals surface area contributed by atoms with Gasteiger partial charge in [-0.25, -0.2) is 4.39 Å². The van der Waals surface area contributed by atoms with E-state index in [0.717, 1.165) is 19.3 Å². The van der Waals surface area contributed by atoms with Crippen molar-refractivity contribution in [2.45, 2.75) is 31.7 Å². The van der Waals surface area contributed by atoms with Crippen molar-refractivity contribution in [1.29, 1.82) is 0 Å². The van der Waals surface area contributed by atoms with Crippen molar-refractivity contribution in [3.8, 4) is 11.8 Å². The second-order valence-electron chi connectivity index (χ2n) is 6.80. The van der Waals surface area contributed by atoms with Gasteiger partial charge in [0, 0.05) is 13.0 Å². The zero-order valence-electron chi connectivity index (χ0n) is 16.6. The Morgan fingerprint density at radius 1 is 1.07 bits per heavy atom. The van der Waals surface area contributed by atoms with E-state index in [1.54, 1.807) is 12.1 Å². The molecule has 4 N–H and O–H groups in total. The number of aryl methyl sites for hydroxylation is 1. The van der Waals surface area contributed by atoms with Crippen LogP contribution in [0, 0.1) is 17.7 Å². The van der Waals surface area contributed by atoms with E-state index in [0.29, 0.717) is 6.54 Å². The summed E-state index contributed by atoms with van der Waals surface area (Å²) in [7, 11) is -4.33. The van der Waals surface area contributed by atoms with Gasteiger partial charge in [0.25, 0.3) is 0 Å². The molecule has 1 amide bonds. The van der Waals surface area contributed by atoms with Gasteiger partial charge < -0.3 is 15.1 Å². The number of carbonyl (C=O) groups is 1. The summed E-state index contributed by atoms with van der Waals surface area (Å²) in [6, 6.07) is 15.1. The predicted octanol–water partition coefficient (Wildman–Crippen LogP) is 2.80. The van der Waals surface area contributed by atoms with Crippen molar-refractivity contribution in [3.63, 3.8) is 0 Å². The third-order valence-electron chi connectivity index (χ3n) is 4.30. The molecule has 0 saturated carbocycles. The van der Waals surface area contributed by atoms with Gasteiger partial charge in [0.1, 0.15) is 5.82 Å². The van der Waals surface area contributed by atoms with Gasteiger partial charge in [0.2, 0.25) is 5.91 Å². The average molecular weight is 432 g/mol. The maximum Gasteiger partial charge on any atom is 0.339 e. The molecule has 0 fully saturated rings. The lowest BCUT2D eigenvalue weighted by Gasteiger charge is -2.16. The molecule has 0 spiro atoms. The zero-order valence-corrected chi connectivity index (χ0v) is 17.4. The van der Waals surface area contributed by atoms with Gasteiger partial charge in [-0.15, -0.1) is 0 Å². The van der Waals surface area contributed by atoms with Crippen LogP contribution in [0.1, 0.15) is 30.4 Å². The topological polar surface area (TPSA) is 98.7 Å². The summed E-state index contributed by atoms with van der Waals surface area (Å²) in [6.07, 6.45) is 1.93. The number of benzene rings is 2. The van der Waals surface area contributed by atoms with Crippen LogP contribution < -0.4 is 10.6 Å². The van der Waals surface area contributed by atoms with Crippen LogP contribution in [0.15, 0.2) is 54.6 Å². The molecule has 30 heavy (non-hydrogen) atoms. The fourth-order valence-corrected chi connectivity index (χ4v) is 3.19. The number of hydrogen-bond acceptors (Lipinski definition) is 3. The van der Waals surface area contributed by atoms with Crippen molar-refractivity contribution < 1.29 is 23.5 Å². The fourth-order valence-electron chi connectivity index (χ4n) is 2.73. The Morgan fingerprint density at radius 3 is 2.47 bits per heavy atom. The van der Waals surface area contributed by atoms with Crippen LogP contribution in [0.4, 0.5) is 4.39 Å². The molecule has 0 unspecified atom stereocenters. The molecule has 0 saturated heterocycles. The molecule has 2 aromatic rings. The molecule has 2 rings (SSSR count). The molecular formula is C22H26FN2O4P. The first-order valence-electron chi connectivity index (χ1n) is 9.68. The molecule has 0 bridgehead atoms. The second kappa shape index (κ2) is 12.3. The lowest BCUT2D eigenvalue weighted by atomic mass is 10.1. The first-order chi connectivity index (χ1) is 14.3. The highest BCUT2D eigenvalue weighted by molar-refractivity contribution is 7.51. The van der Waals surface area contributed by atoms with E-state index in [1.165, 1.54) is 17.7 Å². The van der Waals surface area contributed by atoms with Crippen LogP contribution in [0.5, 0.6) is 0 Å². The maximum absolute atomic E-state index is 13.6. The first kappa shape index (κ1) is 23.8. The number of hydrogen-bond donors (Lipinski definition) is 4. The summed E-state index contributed by atoms with van der Waals surface area (Å²) in [4.78, 5) is 30.6. The molecule has 0 heterocycles. The van der Waals surface area contributed by atoms with Gasteiger partial charge >= 0.3 is 7.60 Å². The summed E-state index contributed by atoms with van der Waals surface area (Å²) < 4.78 is 24.8. The normalized spacial score (nSPS) is 12.0. The van der Waals surface area contributed by atoms with Crippen LogP contribution in [-0.2, 0) is 15.8 Å². The largest absolute Gasteiger partial charge is 0.355 e. The minimum Gasteiger partial charge on any atom is -0.355 e. The molecule has 2 aromatic carbocycles. The van der Waals surface area contributed by atoms with Crippen molar-refractivity contribution >= 4 is 13.5 Å². The summed E-state index contributed by atoms with van der Waals surface area (Å²) >= 11 is 0. The maximum atomic E-state index is 13.6. The van der Waals surface area contributed by atoms with Crippen LogP contribution in [0.3, 0.4) is 0 Å². The fraction of sp³-hybridized carbons (Fsp3) is 0.318.